The van der Waals surface area contributed by atoms with Gasteiger partial charge in [0.1, 0.15) is 48.7 Å². The second kappa shape index (κ2) is 25.9. The molecule has 5 unspecified atom stereocenters. The number of aromatic carboxylic acids is 1. The van der Waals surface area contributed by atoms with Crippen molar-refractivity contribution in [2.75, 3.05) is 58.0 Å². The van der Waals surface area contributed by atoms with E-state index in [1.165, 1.54) is 34.8 Å². The van der Waals surface area contributed by atoms with E-state index in [4.69, 9.17) is 38.0 Å². The number of allylic oxidation sites excluding steroid dienone is 3. The minimum absolute atomic E-state index is 0.00939. The lowest BCUT2D eigenvalue weighted by Crippen LogP contribution is -2.36. The Bertz CT molecular complexity index is 3110. The second-order valence-electron chi connectivity index (χ2n) is 17.7. The summed E-state index contributed by atoms with van der Waals surface area (Å²) >= 11 is 0. The third-order valence-electron chi connectivity index (χ3n) is 11.5. The normalized spacial score (nSPS) is 21.4. The molecule has 1 aliphatic carbocycles. The van der Waals surface area contributed by atoms with E-state index in [0.29, 0.717) is 30.2 Å². The zero-order valence-corrected chi connectivity index (χ0v) is 46.4. The van der Waals surface area contributed by atoms with E-state index in [1.54, 1.807) is 12.1 Å². The number of H-pyrrole nitrogens is 1. The number of hydrogen-bond acceptors (Lipinski definition) is 19. The molecule has 0 radical (unpaired) electrons. The van der Waals surface area contributed by atoms with E-state index in [0.717, 1.165) is 38.9 Å². The van der Waals surface area contributed by atoms with Crippen molar-refractivity contribution in [2.24, 2.45) is 10.9 Å². The highest BCUT2D eigenvalue weighted by atomic mass is 33.1. The maximum Gasteiger partial charge on any atom is 0.490 e. The molecule has 25 nitrogen and oxygen atoms in total. The van der Waals surface area contributed by atoms with Crippen LogP contribution < -0.4 is 26.6 Å². The molecular formula is C46H58N5O20P3S2. The molecule has 7 atom stereocenters. The number of carboxylic acids is 1. The Morgan fingerprint density at radius 2 is 1.79 bits per heavy atom. The largest absolute Gasteiger partial charge is 0.490 e. The topological polar surface area (TPSA) is 352 Å². The van der Waals surface area contributed by atoms with Crippen molar-refractivity contribution in [1.82, 2.24) is 14.9 Å². The van der Waals surface area contributed by atoms with E-state index in [-0.39, 0.29) is 54.9 Å². The summed E-state index contributed by atoms with van der Waals surface area (Å²) in [6, 6.07) is 8.71. The van der Waals surface area contributed by atoms with Crippen LogP contribution in [0.3, 0.4) is 0 Å². The van der Waals surface area contributed by atoms with E-state index < -0.39 is 82.3 Å². The number of aromatic amines is 1. The number of carbonyl (C=O) groups is 2. The number of nitrogens with one attached hydrogen (secondary N) is 3. The maximum absolute atomic E-state index is 13.6. The fourth-order valence-electron chi connectivity index (χ4n) is 8.22. The number of aryl methyl sites for hydroxylation is 1. The number of methoxy groups -OCH3 is 1. The number of ether oxygens (including phenoxy) is 5. The zero-order chi connectivity index (χ0) is 55.8. The first kappa shape index (κ1) is 60.5. The first-order chi connectivity index (χ1) is 35.7. The van der Waals surface area contributed by atoms with Gasteiger partial charge in [-0.25, -0.2) is 23.3 Å². The number of amides is 1. The Balaban J connectivity index is 1.04. The van der Waals surface area contributed by atoms with Gasteiger partial charge in [-0.1, -0.05) is 45.6 Å². The Morgan fingerprint density at radius 3 is 2.47 bits per heavy atom. The predicted octanol–water partition coefficient (Wildman–Crippen LogP) is 5.96. The molecule has 6 rings (SSSR count). The number of phosphoric ester groups is 1. The third kappa shape index (κ3) is 16.2. The molecular weight excluding hydrogens is 1100 g/mol. The fourth-order valence-corrected chi connectivity index (χ4v) is 13.4. The van der Waals surface area contributed by atoms with Gasteiger partial charge in [-0.05, 0) is 76.4 Å². The van der Waals surface area contributed by atoms with Crippen LogP contribution in [-0.2, 0) is 45.8 Å². The van der Waals surface area contributed by atoms with Crippen molar-refractivity contribution in [1.29, 1.82) is 0 Å². The first-order valence-electron chi connectivity index (χ1n) is 23.2. The van der Waals surface area contributed by atoms with Crippen molar-refractivity contribution in [3.05, 3.63) is 114 Å². The molecule has 3 aromatic rings. The van der Waals surface area contributed by atoms with Crippen LogP contribution in [0.25, 0.3) is 0 Å². The van der Waals surface area contributed by atoms with E-state index in [2.05, 4.69) is 47.1 Å². The number of anilines is 1. The smallest absolute Gasteiger partial charge is 0.478 e. The van der Waals surface area contributed by atoms with Crippen LogP contribution in [0.4, 0.5) is 5.69 Å². The van der Waals surface area contributed by atoms with Gasteiger partial charge in [0.25, 0.3) is 11.5 Å². The molecule has 3 heterocycles. The SMILES string of the molecule is CCN=C1C=C2Oc3cc(NCC)c(C)cc3C(c3ccc(C(=O)NCC(C)(C)SSCOCC#Cc4cn([C@H]5C[C@@H](OCOC)C(COP(=O)(O)OP(=O)(O)OP(=O)(O)O)O5)c(=O)[nH]c4=O)cc3C(=O)O)C2C=C1C. The van der Waals surface area contributed by atoms with Crippen LogP contribution in [-0.4, -0.2) is 121 Å². The van der Waals surface area contributed by atoms with Crippen LogP contribution in [0.1, 0.15) is 96.2 Å². The van der Waals surface area contributed by atoms with Crippen LogP contribution in [0.2, 0.25) is 0 Å². The minimum atomic E-state index is -5.80. The number of carboxylic acid groups (broad SMARTS) is 1. The van der Waals surface area contributed by atoms with Crippen molar-refractivity contribution in [3.8, 4) is 17.6 Å². The monoisotopic (exact) mass is 1160 g/mol. The number of benzene rings is 2. The molecule has 1 fully saturated rings. The zero-order valence-electron chi connectivity index (χ0n) is 42.1. The quantitative estimate of drug-likeness (QED) is 0.0169. The lowest BCUT2D eigenvalue weighted by Gasteiger charge is -2.37. The number of fused-ring (bicyclic) bond motifs is 2. The Hall–Kier alpha value is -4.68. The van der Waals surface area contributed by atoms with Crippen LogP contribution in [0.5, 0.6) is 5.75 Å². The molecule has 0 saturated carbocycles. The van der Waals surface area contributed by atoms with Gasteiger partial charge < -0.3 is 59.0 Å². The van der Waals surface area contributed by atoms with E-state index in [1.807, 2.05) is 59.8 Å². The van der Waals surface area contributed by atoms with Gasteiger partial charge in [0, 0.05) is 84.9 Å². The molecule has 2 aromatic carbocycles. The summed E-state index contributed by atoms with van der Waals surface area (Å²) in [5.41, 5.74) is 3.24. The van der Waals surface area contributed by atoms with Crippen molar-refractivity contribution in [3.63, 3.8) is 0 Å². The fraction of sp³-hybridized carbons (Fsp3) is 0.457. The van der Waals surface area contributed by atoms with Gasteiger partial charge in [-0.2, -0.15) is 8.62 Å². The lowest BCUT2D eigenvalue weighted by atomic mass is 9.73. The van der Waals surface area contributed by atoms with Crippen molar-refractivity contribution < 1.29 is 84.8 Å². The minimum Gasteiger partial charge on any atom is -0.478 e. The lowest BCUT2D eigenvalue weighted by molar-refractivity contribution is -0.107. The summed E-state index contributed by atoms with van der Waals surface area (Å²) in [6.45, 7) is 11.9. The standard InChI is InChI=1S/C46H58N5O20P3S2/c1-8-47-34-18-36-32(15-26(34)3)41(33-16-27(4)35(48-9-2)19-37(33)68-36)30-13-12-28(17-31(30)44(54)55)42(52)49-23-46(5,6)76-75-25-65-14-10-11-29-21-51(45(56)50-43(29)53)40-20-38(66-24-64-7)39(69-40)22-67-73(60,61)71-74(62,63)70-72(57,58)59/h12-13,15-19,21,32,38-41,48H,8-9,14,20,22-25H2,1-7H3,(H,49,52)(H,54,55)(H,60,61)(H,62,63)(H,50,53,56)(H2,57,58,59)/t32?,38-,39?,40-,41?/m1/s1. The number of aromatic nitrogens is 2. The number of rotatable bonds is 24. The summed E-state index contributed by atoms with van der Waals surface area (Å²) in [7, 11) is -12.9. The molecule has 1 amide bonds. The van der Waals surface area contributed by atoms with Crippen LogP contribution >= 0.6 is 45.1 Å². The molecule has 3 aliphatic rings. The molecule has 0 spiro atoms. The second-order valence-corrected chi connectivity index (χ2v) is 25.1. The number of aliphatic imine (C=N–C) groups is 1. The number of hydrogen-bond donors (Lipinski definition) is 8. The highest BCUT2D eigenvalue weighted by Crippen LogP contribution is 2.66. The van der Waals surface area contributed by atoms with E-state index >= 15 is 0 Å². The van der Waals surface area contributed by atoms with Crippen molar-refractivity contribution in [2.45, 2.75) is 77.1 Å². The van der Waals surface area contributed by atoms with Crippen LogP contribution in [0, 0.1) is 24.7 Å². The summed E-state index contributed by atoms with van der Waals surface area (Å²) < 4.78 is 76.0. The van der Waals surface area contributed by atoms with Gasteiger partial charge in [0.05, 0.1) is 24.0 Å². The van der Waals surface area contributed by atoms with E-state index in [9.17, 15) is 47.8 Å². The maximum atomic E-state index is 13.6. The van der Waals surface area contributed by atoms with Crippen LogP contribution in [0.15, 0.2) is 74.6 Å². The highest BCUT2D eigenvalue weighted by Gasteiger charge is 2.44. The summed E-state index contributed by atoms with van der Waals surface area (Å²) in [5.74, 6) is 4.31. The first-order valence-corrected chi connectivity index (χ1v) is 30.0. The molecule has 76 heavy (non-hydrogen) atoms. The number of carbonyl (C=O) groups excluding carboxylic acids is 1. The molecule has 414 valence electrons. The molecule has 8 N–H and O–H groups in total. The molecule has 30 heteroatoms. The Kier molecular flexibility index (Phi) is 20.6. The molecule has 1 saturated heterocycles. The van der Waals surface area contributed by atoms with Crippen molar-refractivity contribution >= 4 is 68.3 Å². The number of phosphoric acid groups is 3. The average Bonchev–Trinajstić information content (AvgIpc) is 3.73. The third-order valence-corrected chi connectivity index (χ3v) is 18.2. The van der Waals surface area contributed by atoms with Gasteiger partial charge in [0.15, 0.2) is 0 Å². The highest BCUT2D eigenvalue weighted by molar-refractivity contribution is 8.77. The predicted molar refractivity (Wildman–Crippen MR) is 280 cm³/mol. The summed E-state index contributed by atoms with van der Waals surface area (Å²) in [4.78, 5) is 95.9. The number of nitrogens with zero attached hydrogens (tertiary/aromatic N) is 2. The van der Waals surface area contributed by atoms with Gasteiger partial charge in [-0.3, -0.25) is 28.7 Å². The molecule has 1 aromatic heterocycles. The van der Waals surface area contributed by atoms with Gasteiger partial charge in [-0.15, -0.1) is 0 Å². The summed E-state index contributed by atoms with van der Waals surface area (Å²) in [5, 5.41) is 16.9. The summed E-state index contributed by atoms with van der Waals surface area (Å²) in [6.07, 6.45) is 1.50. The van der Waals surface area contributed by atoms with Gasteiger partial charge in [0.2, 0.25) is 0 Å². The Labute approximate surface area is 444 Å². The Morgan fingerprint density at radius 1 is 1.04 bits per heavy atom. The average molecular weight is 1160 g/mol. The molecule has 2 aliphatic heterocycles. The van der Waals surface area contributed by atoms with Gasteiger partial charge >= 0.3 is 35.1 Å². The molecule has 0 bridgehead atoms.